The quantitative estimate of drug-likeness (QED) is 0.153. The van der Waals surface area contributed by atoms with Gasteiger partial charge in [0.2, 0.25) is 0 Å². The summed E-state index contributed by atoms with van der Waals surface area (Å²) in [4.78, 5) is 18.1. The SMILES string of the molecule is Cc1ccc(S(=O)(=O)n2c(C)c(-c3nc4c5ccc(-c6cc(S(=O)(=O)n7cc(-c8nc9c%10ccccc%10c%10ccccc%10c9[nH]8)c8cc(Br)ccc87)ccc6C)cc5c5ccccc5c4[nH]3)c3ccccc32)cc1. The Balaban J connectivity index is 0.897. The van der Waals surface area contributed by atoms with Crippen molar-refractivity contribution in [2.45, 2.75) is 30.6 Å². The van der Waals surface area contributed by atoms with Gasteiger partial charge in [0.25, 0.3) is 20.0 Å². The molecule has 0 aliphatic carbocycles. The van der Waals surface area contributed by atoms with E-state index >= 15 is 8.42 Å². The van der Waals surface area contributed by atoms with Crippen molar-refractivity contribution in [1.82, 2.24) is 27.9 Å². The Hall–Kier alpha value is -8.36. The first-order chi connectivity index (χ1) is 35.8. The van der Waals surface area contributed by atoms with E-state index in [-0.39, 0.29) is 9.79 Å². The van der Waals surface area contributed by atoms with Crippen LogP contribution in [0.5, 0.6) is 0 Å². The summed E-state index contributed by atoms with van der Waals surface area (Å²) in [7, 11) is -8.15. The molecule has 0 fully saturated rings. The van der Waals surface area contributed by atoms with Gasteiger partial charge >= 0.3 is 0 Å². The fourth-order valence-corrected chi connectivity index (χ4v) is 14.5. The Morgan fingerprint density at radius 3 is 1.73 bits per heavy atom. The van der Waals surface area contributed by atoms with Crippen molar-refractivity contribution in [2.24, 2.45) is 0 Å². The number of rotatable bonds is 7. The number of imidazole rings is 2. The Bertz CT molecular complexity index is 4920. The van der Waals surface area contributed by atoms with Crippen LogP contribution < -0.4 is 0 Å². The maximum absolute atomic E-state index is 15.2. The Morgan fingerprint density at radius 1 is 0.459 bits per heavy atom. The first kappa shape index (κ1) is 44.3. The molecular formula is C61H41BrN6O4S2. The van der Waals surface area contributed by atoms with Crippen molar-refractivity contribution in [3.63, 3.8) is 0 Å². The van der Waals surface area contributed by atoms with Gasteiger partial charge in [-0.25, -0.2) is 34.7 Å². The second-order valence-corrected chi connectivity index (χ2v) is 23.6. The summed E-state index contributed by atoms with van der Waals surface area (Å²) in [5.74, 6) is 1.12. The summed E-state index contributed by atoms with van der Waals surface area (Å²) < 4.78 is 62.7. The van der Waals surface area contributed by atoms with Crippen LogP contribution in [0.3, 0.4) is 0 Å². The third-order valence-electron chi connectivity index (χ3n) is 14.8. The van der Waals surface area contributed by atoms with Gasteiger partial charge in [-0.2, -0.15) is 0 Å². The van der Waals surface area contributed by atoms with Crippen LogP contribution in [0.15, 0.2) is 196 Å². The molecule has 0 amide bonds. The fourth-order valence-electron chi connectivity index (χ4n) is 11.2. The number of H-pyrrole nitrogens is 2. The van der Waals surface area contributed by atoms with Crippen LogP contribution in [0.4, 0.5) is 0 Å². The maximum Gasteiger partial charge on any atom is 0.268 e. The van der Waals surface area contributed by atoms with Gasteiger partial charge in [-0.05, 0) is 114 Å². The molecule has 10 nitrogen and oxygen atoms in total. The molecule has 0 saturated carbocycles. The molecular weight excluding hydrogens is 1020 g/mol. The van der Waals surface area contributed by atoms with Crippen LogP contribution in [-0.4, -0.2) is 44.7 Å². The van der Waals surface area contributed by atoms with Gasteiger partial charge in [0.1, 0.15) is 11.6 Å². The highest BCUT2D eigenvalue weighted by Gasteiger charge is 2.29. The number of fused-ring (bicyclic) bond motifs is 14. The van der Waals surface area contributed by atoms with E-state index in [2.05, 4.69) is 68.4 Å². The average molecular weight is 1070 g/mol. The highest BCUT2D eigenvalue weighted by molar-refractivity contribution is 9.10. The molecule has 0 saturated heterocycles. The predicted octanol–water partition coefficient (Wildman–Crippen LogP) is 15.1. The number of aromatic nitrogens is 6. The van der Waals surface area contributed by atoms with E-state index in [0.29, 0.717) is 39.5 Å². The van der Waals surface area contributed by atoms with E-state index < -0.39 is 20.0 Å². The van der Waals surface area contributed by atoms with Crippen molar-refractivity contribution in [1.29, 1.82) is 0 Å². The van der Waals surface area contributed by atoms with E-state index in [0.717, 1.165) is 103 Å². The molecule has 4 aromatic heterocycles. The van der Waals surface area contributed by atoms with Crippen LogP contribution in [0.2, 0.25) is 0 Å². The molecule has 2 N–H and O–H groups in total. The molecule has 0 aliphatic heterocycles. The Morgan fingerprint density at radius 2 is 1.03 bits per heavy atom. The topological polar surface area (TPSA) is 136 Å². The molecule has 358 valence electrons. The van der Waals surface area contributed by atoms with Gasteiger partial charge in [-0.1, -0.05) is 143 Å². The lowest BCUT2D eigenvalue weighted by Gasteiger charge is -2.13. The zero-order valence-electron chi connectivity index (χ0n) is 39.9. The van der Waals surface area contributed by atoms with E-state index in [9.17, 15) is 8.42 Å². The first-order valence-electron chi connectivity index (χ1n) is 24.1. The monoisotopic (exact) mass is 1060 g/mol. The van der Waals surface area contributed by atoms with E-state index in [1.165, 1.54) is 7.94 Å². The standard InChI is InChI=1S/C61H41BrN6O4S2/c1-34-20-25-39(26-21-34)74(71,72)68-36(3)55(48-18-10-11-19-54(48)68)61-65-58-46-17-9-6-14-43(46)50-30-37(23-28-47(50)59(58)66-61)49-32-40(27-22-35(49)2)73(69,70)67-33-52(51-31-38(62)24-29-53(51)67)60-63-56-44-15-7-4-12-41(44)42-13-5-8-16-45(42)57(56)64-60/h4-33H,1-3H3,(H,63,64)(H,65,66). The van der Waals surface area contributed by atoms with Crippen molar-refractivity contribution in [3.8, 4) is 33.9 Å². The average Bonchev–Trinajstić information content (AvgIpc) is 4.22. The zero-order chi connectivity index (χ0) is 50.4. The number of nitrogens with zero attached hydrogens (tertiary/aromatic N) is 4. The molecule has 4 heterocycles. The van der Waals surface area contributed by atoms with Crippen LogP contribution in [-0.2, 0) is 20.0 Å². The second-order valence-electron chi connectivity index (χ2n) is 19.1. The van der Waals surface area contributed by atoms with Crippen LogP contribution in [0.25, 0.3) is 121 Å². The van der Waals surface area contributed by atoms with E-state index in [4.69, 9.17) is 9.97 Å². The second kappa shape index (κ2) is 16.1. The maximum atomic E-state index is 15.2. The Labute approximate surface area is 432 Å². The normalized spacial score (nSPS) is 12.5. The van der Waals surface area contributed by atoms with Crippen molar-refractivity contribution >= 4 is 123 Å². The minimum atomic E-state index is -4.18. The molecule has 14 rings (SSSR count). The van der Waals surface area contributed by atoms with E-state index in [1.54, 1.807) is 30.5 Å². The van der Waals surface area contributed by atoms with Gasteiger partial charge in [0, 0.05) is 59.8 Å². The smallest absolute Gasteiger partial charge is 0.268 e. The number of hydrogen-bond donors (Lipinski definition) is 2. The molecule has 0 aliphatic rings. The minimum absolute atomic E-state index is 0.141. The lowest BCUT2D eigenvalue weighted by atomic mass is 9.94. The molecule has 0 spiro atoms. The summed E-state index contributed by atoms with van der Waals surface area (Å²) in [6.45, 7) is 5.75. The van der Waals surface area contributed by atoms with E-state index in [1.807, 2.05) is 130 Å². The molecule has 0 radical (unpaired) electrons. The lowest BCUT2D eigenvalue weighted by molar-refractivity contribution is 0.586. The number of hydrogen-bond acceptors (Lipinski definition) is 6. The summed E-state index contributed by atoms with van der Waals surface area (Å²) in [5.41, 5.74) is 9.74. The molecule has 10 aromatic carbocycles. The third kappa shape index (κ3) is 6.46. The number of halogens is 1. The van der Waals surface area contributed by atoms with Crippen molar-refractivity contribution in [2.75, 3.05) is 0 Å². The highest BCUT2D eigenvalue weighted by Crippen LogP contribution is 2.43. The number of aryl methyl sites for hydroxylation is 2. The molecule has 0 bridgehead atoms. The van der Waals surface area contributed by atoms with Gasteiger partial charge in [0.15, 0.2) is 0 Å². The largest absolute Gasteiger partial charge is 0.337 e. The van der Waals surface area contributed by atoms with Gasteiger partial charge < -0.3 is 9.97 Å². The zero-order valence-corrected chi connectivity index (χ0v) is 43.2. The van der Waals surface area contributed by atoms with Crippen LogP contribution in [0.1, 0.15) is 16.8 Å². The van der Waals surface area contributed by atoms with Gasteiger partial charge in [-0.3, -0.25) is 0 Å². The minimum Gasteiger partial charge on any atom is -0.337 e. The summed E-state index contributed by atoms with van der Waals surface area (Å²) in [6.07, 6.45) is 1.68. The van der Waals surface area contributed by atoms with Crippen molar-refractivity contribution in [3.05, 3.63) is 203 Å². The summed E-state index contributed by atoms with van der Waals surface area (Å²) in [6, 6.07) is 56.2. The van der Waals surface area contributed by atoms with Gasteiger partial charge in [0.05, 0.1) is 42.9 Å². The summed E-state index contributed by atoms with van der Waals surface area (Å²) >= 11 is 3.66. The third-order valence-corrected chi connectivity index (χ3v) is 18.7. The van der Waals surface area contributed by atoms with Gasteiger partial charge in [-0.15, -0.1) is 0 Å². The van der Waals surface area contributed by atoms with Crippen molar-refractivity contribution < 1.29 is 16.8 Å². The number of para-hydroxylation sites is 1. The summed E-state index contributed by atoms with van der Waals surface area (Å²) in [5, 5.41) is 9.50. The molecule has 14 aromatic rings. The lowest BCUT2D eigenvalue weighted by Crippen LogP contribution is -2.14. The van der Waals surface area contributed by atoms with Crippen LogP contribution >= 0.6 is 15.9 Å². The molecule has 0 unspecified atom stereocenters. The molecule has 13 heteroatoms. The number of nitrogens with one attached hydrogen (secondary N) is 2. The van der Waals surface area contributed by atoms with Crippen LogP contribution in [0, 0.1) is 20.8 Å². The number of benzene rings is 10. The highest BCUT2D eigenvalue weighted by atomic mass is 79.9. The predicted molar refractivity (Wildman–Crippen MR) is 303 cm³/mol. The molecule has 0 atom stereocenters. The molecule has 74 heavy (non-hydrogen) atoms. The number of aromatic amines is 2. The Kier molecular flexibility index (Phi) is 9.63. The first-order valence-corrected chi connectivity index (χ1v) is 27.8. The fraction of sp³-hybridized carbons (Fsp3) is 0.0492.